The van der Waals surface area contributed by atoms with Gasteiger partial charge in [0.05, 0.1) is 17.3 Å². The second-order valence-corrected chi connectivity index (χ2v) is 6.56. The maximum absolute atomic E-state index is 5.79. The lowest BCUT2D eigenvalue weighted by Gasteiger charge is -2.12. The highest BCUT2D eigenvalue weighted by Gasteiger charge is 2.01. The zero-order valence-electron chi connectivity index (χ0n) is 14.6. The molecular formula is C18H26N4OS. The van der Waals surface area contributed by atoms with E-state index >= 15 is 0 Å². The van der Waals surface area contributed by atoms with Gasteiger partial charge in [0.25, 0.3) is 0 Å². The lowest BCUT2D eigenvalue weighted by atomic mass is 10.2. The van der Waals surface area contributed by atoms with Gasteiger partial charge < -0.3 is 15.4 Å². The Morgan fingerprint density at radius 1 is 1.21 bits per heavy atom. The molecule has 130 valence electrons. The SMILES string of the molecule is CN=C(NCCCOc1ccccc1C)NCCc1csc(C)n1. The van der Waals surface area contributed by atoms with Crippen LogP contribution >= 0.6 is 11.3 Å². The molecule has 2 rings (SSSR count). The minimum absolute atomic E-state index is 0.687. The number of hydrogen-bond acceptors (Lipinski definition) is 4. The number of rotatable bonds is 8. The number of aromatic nitrogens is 1. The Labute approximate surface area is 148 Å². The van der Waals surface area contributed by atoms with Crippen molar-refractivity contribution in [1.82, 2.24) is 15.6 Å². The van der Waals surface area contributed by atoms with Gasteiger partial charge >= 0.3 is 0 Å². The van der Waals surface area contributed by atoms with E-state index in [9.17, 15) is 0 Å². The first kappa shape index (κ1) is 18.3. The van der Waals surface area contributed by atoms with Crippen LogP contribution in [0.3, 0.4) is 0 Å². The molecule has 6 heteroatoms. The number of hydrogen-bond donors (Lipinski definition) is 2. The molecule has 1 aromatic carbocycles. The molecule has 0 aliphatic carbocycles. The third-order valence-corrected chi connectivity index (χ3v) is 4.35. The van der Waals surface area contributed by atoms with Crippen LogP contribution in [0.5, 0.6) is 5.75 Å². The third-order valence-electron chi connectivity index (χ3n) is 3.53. The molecule has 0 unspecified atom stereocenters. The van der Waals surface area contributed by atoms with E-state index in [4.69, 9.17) is 4.74 Å². The molecule has 0 atom stereocenters. The monoisotopic (exact) mass is 346 g/mol. The van der Waals surface area contributed by atoms with E-state index in [0.29, 0.717) is 6.61 Å². The normalized spacial score (nSPS) is 11.4. The first-order chi connectivity index (χ1) is 11.7. The van der Waals surface area contributed by atoms with Crippen LogP contribution < -0.4 is 15.4 Å². The fraction of sp³-hybridized carbons (Fsp3) is 0.444. The molecule has 2 aromatic rings. The lowest BCUT2D eigenvalue weighted by Crippen LogP contribution is -2.39. The molecule has 5 nitrogen and oxygen atoms in total. The number of guanidine groups is 1. The van der Waals surface area contributed by atoms with Crippen molar-refractivity contribution >= 4 is 17.3 Å². The Balaban J connectivity index is 1.59. The van der Waals surface area contributed by atoms with E-state index in [1.807, 2.05) is 25.1 Å². The molecule has 0 saturated carbocycles. The fourth-order valence-electron chi connectivity index (χ4n) is 2.23. The predicted octanol–water partition coefficient (Wildman–Crippen LogP) is 2.94. The van der Waals surface area contributed by atoms with E-state index in [2.05, 4.69) is 39.0 Å². The third kappa shape index (κ3) is 6.20. The number of nitrogens with zero attached hydrogens (tertiary/aromatic N) is 2. The quantitative estimate of drug-likeness (QED) is 0.438. The number of ether oxygens (including phenoxy) is 1. The molecule has 0 spiro atoms. The Bertz CT molecular complexity index is 654. The van der Waals surface area contributed by atoms with Crippen LogP contribution in [0.25, 0.3) is 0 Å². The molecular weight excluding hydrogens is 320 g/mol. The second-order valence-electron chi connectivity index (χ2n) is 5.50. The molecule has 1 heterocycles. The van der Waals surface area contributed by atoms with Crippen LogP contribution in [-0.2, 0) is 6.42 Å². The smallest absolute Gasteiger partial charge is 0.190 e. The molecule has 0 saturated heterocycles. The van der Waals surface area contributed by atoms with Gasteiger partial charge in [-0.3, -0.25) is 4.99 Å². The maximum Gasteiger partial charge on any atom is 0.190 e. The summed E-state index contributed by atoms with van der Waals surface area (Å²) in [5, 5.41) is 9.83. The van der Waals surface area contributed by atoms with Crippen LogP contribution in [0.15, 0.2) is 34.6 Å². The summed E-state index contributed by atoms with van der Waals surface area (Å²) in [4.78, 5) is 8.69. The van der Waals surface area contributed by atoms with Gasteiger partial charge in [-0.1, -0.05) is 18.2 Å². The average molecular weight is 347 g/mol. The standard InChI is InChI=1S/C18H26N4OS/c1-14-7-4-5-8-17(14)23-12-6-10-20-18(19-3)21-11-9-16-13-24-15(2)22-16/h4-5,7-8,13H,6,9-12H2,1-3H3,(H2,19,20,21). The van der Waals surface area contributed by atoms with Gasteiger partial charge in [-0.2, -0.15) is 0 Å². The molecule has 1 aromatic heterocycles. The summed E-state index contributed by atoms with van der Waals surface area (Å²) in [6, 6.07) is 8.08. The molecule has 0 amide bonds. The van der Waals surface area contributed by atoms with Crippen LogP contribution in [0, 0.1) is 13.8 Å². The number of thiazole rings is 1. The van der Waals surface area contributed by atoms with Crippen LogP contribution in [0.4, 0.5) is 0 Å². The minimum atomic E-state index is 0.687. The first-order valence-electron chi connectivity index (χ1n) is 8.23. The summed E-state index contributed by atoms with van der Waals surface area (Å²) >= 11 is 1.69. The number of para-hydroxylation sites is 1. The van der Waals surface area contributed by atoms with Gasteiger partial charge in [0.15, 0.2) is 5.96 Å². The summed E-state index contributed by atoms with van der Waals surface area (Å²) in [6.45, 7) is 6.42. The highest BCUT2D eigenvalue weighted by molar-refractivity contribution is 7.09. The van der Waals surface area contributed by atoms with Gasteiger partial charge in [-0.25, -0.2) is 4.98 Å². The Kier molecular flexibility index (Phi) is 7.55. The van der Waals surface area contributed by atoms with Crippen molar-refractivity contribution in [2.24, 2.45) is 4.99 Å². The van der Waals surface area contributed by atoms with E-state index in [1.165, 1.54) is 5.56 Å². The van der Waals surface area contributed by atoms with Crippen molar-refractivity contribution in [3.63, 3.8) is 0 Å². The Morgan fingerprint density at radius 2 is 2.00 bits per heavy atom. The van der Waals surface area contributed by atoms with Crippen molar-refractivity contribution in [2.75, 3.05) is 26.7 Å². The summed E-state index contributed by atoms with van der Waals surface area (Å²) in [7, 11) is 1.78. The zero-order chi connectivity index (χ0) is 17.2. The molecule has 0 aliphatic rings. The van der Waals surface area contributed by atoms with Gasteiger partial charge in [0, 0.05) is 31.9 Å². The van der Waals surface area contributed by atoms with Crippen molar-refractivity contribution in [3.8, 4) is 5.75 Å². The largest absolute Gasteiger partial charge is 0.493 e. The predicted molar refractivity (Wildman–Crippen MR) is 101 cm³/mol. The van der Waals surface area contributed by atoms with Crippen LogP contribution in [0.2, 0.25) is 0 Å². The van der Waals surface area contributed by atoms with Gasteiger partial charge in [-0.15, -0.1) is 11.3 Å². The van der Waals surface area contributed by atoms with Crippen molar-refractivity contribution in [1.29, 1.82) is 0 Å². The summed E-state index contributed by atoms with van der Waals surface area (Å²) in [5.74, 6) is 1.77. The summed E-state index contributed by atoms with van der Waals surface area (Å²) in [5.41, 5.74) is 2.30. The highest BCUT2D eigenvalue weighted by Crippen LogP contribution is 2.15. The van der Waals surface area contributed by atoms with E-state index < -0.39 is 0 Å². The zero-order valence-corrected chi connectivity index (χ0v) is 15.4. The van der Waals surface area contributed by atoms with Crippen molar-refractivity contribution in [2.45, 2.75) is 26.7 Å². The Morgan fingerprint density at radius 3 is 2.71 bits per heavy atom. The lowest BCUT2D eigenvalue weighted by molar-refractivity contribution is 0.309. The molecule has 0 fully saturated rings. The number of aliphatic imine (C=N–C) groups is 1. The van der Waals surface area contributed by atoms with Crippen LogP contribution in [-0.4, -0.2) is 37.7 Å². The molecule has 0 aliphatic heterocycles. The first-order valence-corrected chi connectivity index (χ1v) is 9.11. The number of benzene rings is 1. The molecule has 0 radical (unpaired) electrons. The summed E-state index contributed by atoms with van der Waals surface area (Å²) < 4.78 is 5.79. The van der Waals surface area contributed by atoms with Crippen molar-refractivity contribution in [3.05, 3.63) is 45.9 Å². The minimum Gasteiger partial charge on any atom is -0.493 e. The van der Waals surface area contributed by atoms with Crippen molar-refractivity contribution < 1.29 is 4.74 Å². The molecule has 2 N–H and O–H groups in total. The van der Waals surface area contributed by atoms with Gasteiger partial charge in [0.1, 0.15) is 5.75 Å². The van der Waals surface area contributed by atoms with Gasteiger partial charge in [-0.05, 0) is 31.9 Å². The number of nitrogens with one attached hydrogen (secondary N) is 2. The fourth-order valence-corrected chi connectivity index (χ4v) is 2.88. The molecule has 24 heavy (non-hydrogen) atoms. The Hall–Kier alpha value is -2.08. The van der Waals surface area contributed by atoms with E-state index in [0.717, 1.165) is 48.3 Å². The van der Waals surface area contributed by atoms with Gasteiger partial charge in [0.2, 0.25) is 0 Å². The topological polar surface area (TPSA) is 58.5 Å². The maximum atomic E-state index is 5.79. The summed E-state index contributed by atoms with van der Waals surface area (Å²) in [6.07, 6.45) is 1.82. The molecule has 0 bridgehead atoms. The number of aryl methyl sites for hydroxylation is 2. The second kappa shape index (κ2) is 9.93. The van der Waals surface area contributed by atoms with E-state index in [-0.39, 0.29) is 0 Å². The highest BCUT2D eigenvalue weighted by atomic mass is 32.1. The van der Waals surface area contributed by atoms with E-state index in [1.54, 1.807) is 18.4 Å². The van der Waals surface area contributed by atoms with Crippen LogP contribution in [0.1, 0.15) is 22.7 Å². The average Bonchev–Trinajstić information content (AvgIpc) is 3.00.